The molecule has 8 N–H and O–H groups in total. The first-order chi connectivity index (χ1) is 9.90. The van der Waals surface area contributed by atoms with E-state index in [-0.39, 0.29) is 13.2 Å². The second-order valence-corrected chi connectivity index (χ2v) is 5.39. The maximum Gasteiger partial charge on any atom is 0.0774 e. The van der Waals surface area contributed by atoms with Crippen molar-refractivity contribution in [3.8, 4) is 0 Å². The number of aliphatic hydroxyl groups is 4. The van der Waals surface area contributed by atoms with E-state index in [9.17, 15) is 10.2 Å². The second kappa shape index (κ2) is 8.19. The average molecular weight is 298 g/mol. The molecule has 0 amide bonds. The summed E-state index contributed by atoms with van der Waals surface area (Å²) in [6.45, 7) is 1.33. The Morgan fingerprint density at radius 2 is 1.52 bits per heavy atom. The Morgan fingerprint density at radius 3 is 2.05 bits per heavy atom. The van der Waals surface area contributed by atoms with Gasteiger partial charge in [0.25, 0.3) is 0 Å². The molecule has 0 spiro atoms. The molecule has 0 aliphatic carbocycles. The number of aliphatic hydroxyl groups excluding tert-OH is 4. The first kappa shape index (κ1) is 17.7. The minimum Gasteiger partial charge on any atom is -0.398 e. The highest BCUT2D eigenvalue weighted by Gasteiger charge is 2.14. The highest BCUT2D eigenvalue weighted by Crippen LogP contribution is 2.29. The monoisotopic (exact) mass is 298 g/mol. The molecule has 6 heteroatoms. The molecular formula is C15H26N2O4. The van der Waals surface area contributed by atoms with Gasteiger partial charge in [-0.05, 0) is 55.4 Å². The van der Waals surface area contributed by atoms with Gasteiger partial charge in [0.2, 0.25) is 0 Å². The maximum atomic E-state index is 9.42. The quantitative estimate of drug-likeness (QED) is 0.366. The van der Waals surface area contributed by atoms with E-state index < -0.39 is 12.2 Å². The number of benzene rings is 1. The van der Waals surface area contributed by atoms with Crippen LogP contribution in [-0.4, -0.2) is 45.8 Å². The normalized spacial score (nSPS) is 14.1. The van der Waals surface area contributed by atoms with Crippen LogP contribution in [0, 0.1) is 6.92 Å². The summed E-state index contributed by atoms with van der Waals surface area (Å²) in [6.07, 6.45) is 0.405. The molecule has 0 bridgehead atoms. The van der Waals surface area contributed by atoms with Gasteiger partial charge in [-0.25, -0.2) is 0 Å². The number of anilines is 2. The average Bonchev–Trinajstić information content (AvgIpc) is 2.48. The van der Waals surface area contributed by atoms with Crippen molar-refractivity contribution in [1.82, 2.24) is 0 Å². The molecule has 21 heavy (non-hydrogen) atoms. The molecule has 0 saturated heterocycles. The Hall–Kier alpha value is -1.34. The van der Waals surface area contributed by atoms with Crippen molar-refractivity contribution in [1.29, 1.82) is 0 Å². The number of nitrogens with two attached hydrogens (primary N) is 2. The molecule has 0 fully saturated rings. The largest absolute Gasteiger partial charge is 0.398 e. The summed E-state index contributed by atoms with van der Waals surface area (Å²) in [4.78, 5) is 0. The van der Waals surface area contributed by atoms with Crippen molar-refractivity contribution in [3.63, 3.8) is 0 Å². The fraction of sp³-hybridized carbons (Fsp3) is 0.600. The number of nitrogen functional groups attached to an aromatic ring is 2. The molecule has 0 aliphatic heterocycles. The highest BCUT2D eigenvalue weighted by atomic mass is 16.3. The van der Waals surface area contributed by atoms with E-state index in [0.717, 1.165) is 16.7 Å². The van der Waals surface area contributed by atoms with Gasteiger partial charge in [0.1, 0.15) is 0 Å². The van der Waals surface area contributed by atoms with Gasteiger partial charge in [0, 0.05) is 11.4 Å². The van der Waals surface area contributed by atoms with Crippen LogP contribution in [0.4, 0.5) is 11.4 Å². The predicted molar refractivity (Wildman–Crippen MR) is 82.8 cm³/mol. The molecule has 0 aliphatic rings. The van der Waals surface area contributed by atoms with Gasteiger partial charge >= 0.3 is 0 Å². The number of aryl methyl sites for hydroxylation is 1. The molecule has 2 unspecified atom stereocenters. The van der Waals surface area contributed by atoms with Crippen LogP contribution >= 0.6 is 0 Å². The lowest BCUT2D eigenvalue weighted by molar-refractivity contribution is 0.0884. The molecule has 2 atom stereocenters. The van der Waals surface area contributed by atoms with Gasteiger partial charge in [-0.15, -0.1) is 0 Å². The third kappa shape index (κ3) is 4.86. The van der Waals surface area contributed by atoms with E-state index in [1.165, 1.54) is 0 Å². The fourth-order valence-corrected chi connectivity index (χ4v) is 2.33. The minimum atomic E-state index is -0.760. The summed E-state index contributed by atoms with van der Waals surface area (Å²) >= 11 is 0. The number of rotatable bonds is 8. The van der Waals surface area contributed by atoms with E-state index in [0.29, 0.717) is 37.1 Å². The molecule has 0 heterocycles. The summed E-state index contributed by atoms with van der Waals surface area (Å²) in [7, 11) is 0. The summed E-state index contributed by atoms with van der Waals surface area (Å²) in [5, 5.41) is 36.5. The molecule has 0 aromatic heterocycles. The number of hydrogen-bond acceptors (Lipinski definition) is 6. The van der Waals surface area contributed by atoms with Crippen LogP contribution in [0.15, 0.2) is 6.07 Å². The zero-order chi connectivity index (χ0) is 16.0. The van der Waals surface area contributed by atoms with Crippen molar-refractivity contribution >= 4 is 11.4 Å². The summed E-state index contributed by atoms with van der Waals surface area (Å²) < 4.78 is 0. The van der Waals surface area contributed by atoms with Gasteiger partial charge in [-0.1, -0.05) is 0 Å². The van der Waals surface area contributed by atoms with Crippen LogP contribution in [-0.2, 0) is 12.8 Å². The predicted octanol–water partition coefficient (Wildman–Crippen LogP) is -0.269. The fourth-order valence-electron chi connectivity index (χ4n) is 2.33. The summed E-state index contributed by atoms with van der Waals surface area (Å²) in [6, 6.07) is 1.78. The lowest BCUT2D eigenvalue weighted by Gasteiger charge is -2.18. The van der Waals surface area contributed by atoms with Crippen molar-refractivity contribution in [2.24, 2.45) is 0 Å². The molecule has 1 aromatic rings. The van der Waals surface area contributed by atoms with E-state index >= 15 is 0 Å². The zero-order valence-corrected chi connectivity index (χ0v) is 12.4. The minimum absolute atomic E-state index is 0.272. The van der Waals surface area contributed by atoms with Gasteiger partial charge in [0.15, 0.2) is 0 Å². The molecule has 0 radical (unpaired) electrons. The lowest BCUT2D eigenvalue weighted by Crippen LogP contribution is -2.15. The van der Waals surface area contributed by atoms with E-state index in [2.05, 4.69) is 0 Å². The third-order valence-corrected chi connectivity index (χ3v) is 3.78. The lowest BCUT2D eigenvalue weighted by atomic mass is 9.93. The SMILES string of the molecule is Cc1c(N)c(CCC(O)CO)cc(N)c1CCC(O)CO. The van der Waals surface area contributed by atoms with Gasteiger partial charge in [-0.2, -0.15) is 0 Å². The van der Waals surface area contributed by atoms with Crippen LogP contribution in [0.2, 0.25) is 0 Å². The van der Waals surface area contributed by atoms with E-state index in [1.54, 1.807) is 6.07 Å². The van der Waals surface area contributed by atoms with Crippen molar-refractivity contribution in [2.75, 3.05) is 24.7 Å². The number of hydrogen-bond donors (Lipinski definition) is 6. The van der Waals surface area contributed by atoms with Gasteiger partial charge in [-0.3, -0.25) is 0 Å². The Bertz CT molecular complexity index is 465. The molecule has 120 valence electrons. The van der Waals surface area contributed by atoms with Crippen molar-refractivity contribution < 1.29 is 20.4 Å². The van der Waals surface area contributed by atoms with E-state index in [1.807, 2.05) is 6.92 Å². The first-order valence-electron chi connectivity index (χ1n) is 7.14. The van der Waals surface area contributed by atoms with Crippen LogP contribution in [0.5, 0.6) is 0 Å². The maximum absolute atomic E-state index is 9.42. The molecule has 6 nitrogen and oxygen atoms in total. The molecule has 1 rings (SSSR count). The van der Waals surface area contributed by atoms with Crippen LogP contribution in [0.1, 0.15) is 29.5 Å². The third-order valence-electron chi connectivity index (χ3n) is 3.78. The first-order valence-corrected chi connectivity index (χ1v) is 7.14. The standard InChI is InChI=1S/C15H26N2O4/c1-9-13(5-4-12(21)8-19)14(16)6-10(15(9)17)2-3-11(20)7-18/h6,11-12,18-21H,2-5,7-8,16-17H2,1H3. The van der Waals surface area contributed by atoms with Crippen molar-refractivity contribution in [2.45, 2.75) is 44.8 Å². The van der Waals surface area contributed by atoms with E-state index in [4.69, 9.17) is 21.7 Å². The molecule has 0 saturated carbocycles. The Balaban J connectivity index is 2.87. The smallest absolute Gasteiger partial charge is 0.0774 e. The zero-order valence-electron chi connectivity index (χ0n) is 12.4. The second-order valence-electron chi connectivity index (χ2n) is 5.39. The van der Waals surface area contributed by atoms with Gasteiger partial charge < -0.3 is 31.9 Å². The Kier molecular flexibility index (Phi) is 6.91. The van der Waals surface area contributed by atoms with Crippen LogP contribution in [0.25, 0.3) is 0 Å². The van der Waals surface area contributed by atoms with Crippen molar-refractivity contribution in [3.05, 3.63) is 22.8 Å². The van der Waals surface area contributed by atoms with Crippen LogP contribution in [0.3, 0.4) is 0 Å². The summed E-state index contributed by atoms with van der Waals surface area (Å²) in [5.74, 6) is 0. The van der Waals surface area contributed by atoms with Gasteiger partial charge in [0.05, 0.1) is 25.4 Å². The Morgan fingerprint density at radius 1 is 1.00 bits per heavy atom. The van der Waals surface area contributed by atoms with Crippen LogP contribution < -0.4 is 11.5 Å². The molecular weight excluding hydrogens is 272 g/mol. The topological polar surface area (TPSA) is 133 Å². The Labute approximate surface area is 125 Å². The summed E-state index contributed by atoms with van der Waals surface area (Å²) in [5.41, 5.74) is 16.0. The molecule has 1 aromatic carbocycles. The highest BCUT2D eigenvalue weighted by molar-refractivity contribution is 5.66.